The highest BCUT2D eigenvalue weighted by Crippen LogP contribution is 2.24. The zero-order chi connectivity index (χ0) is 12.3. The van der Waals surface area contributed by atoms with Crippen LogP contribution in [0, 0.1) is 0 Å². The van der Waals surface area contributed by atoms with Gasteiger partial charge in [0.2, 0.25) is 0 Å². The average molecular weight is 313 g/mol. The molecule has 0 aliphatic carbocycles. The molecule has 0 saturated carbocycles. The van der Waals surface area contributed by atoms with Gasteiger partial charge in [0.15, 0.2) is 0 Å². The molecule has 0 spiro atoms. The summed E-state index contributed by atoms with van der Waals surface area (Å²) in [7, 11) is 0. The molecule has 0 bridgehead atoms. The number of rotatable bonds is 4. The van der Waals surface area contributed by atoms with Gasteiger partial charge in [-0.25, -0.2) is 0 Å². The standard InChI is InChI=1S/C12H13BrN2OS/c13-9-1-2-11(10(14)5-9)15-6-12(16)8-3-4-17-7-8/h1-5,7,12,15-16H,6,14H2. The molecule has 2 aromatic rings. The van der Waals surface area contributed by atoms with Gasteiger partial charge in [-0.3, -0.25) is 0 Å². The SMILES string of the molecule is Nc1cc(Br)ccc1NCC(O)c1ccsc1. The van der Waals surface area contributed by atoms with E-state index in [9.17, 15) is 5.11 Å². The van der Waals surface area contributed by atoms with Gasteiger partial charge in [0.05, 0.1) is 17.5 Å². The summed E-state index contributed by atoms with van der Waals surface area (Å²) in [4.78, 5) is 0. The van der Waals surface area contributed by atoms with Crippen molar-refractivity contribution in [2.75, 3.05) is 17.6 Å². The van der Waals surface area contributed by atoms with Gasteiger partial charge in [0.1, 0.15) is 0 Å². The van der Waals surface area contributed by atoms with Gasteiger partial charge in [-0.05, 0) is 40.6 Å². The maximum Gasteiger partial charge on any atom is 0.0970 e. The third-order valence-electron chi connectivity index (χ3n) is 2.43. The van der Waals surface area contributed by atoms with Crippen LogP contribution in [0.25, 0.3) is 0 Å². The lowest BCUT2D eigenvalue weighted by Crippen LogP contribution is -2.12. The second-order valence-corrected chi connectivity index (χ2v) is 5.38. The van der Waals surface area contributed by atoms with Crippen molar-refractivity contribution in [2.45, 2.75) is 6.10 Å². The highest BCUT2D eigenvalue weighted by atomic mass is 79.9. The van der Waals surface area contributed by atoms with E-state index in [1.165, 1.54) is 0 Å². The van der Waals surface area contributed by atoms with Crippen LogP contribution >= 0.6 is 27.3 Å². The van der Waals surface area contributed by atoms with Gasteiger partial charge in [-0.15, -0.1) is 0 Å². The van der Waals surface area contributed by atoms with Crippen LogP contribution in [0.1, 0.15) is 11.7 Å². The smallest absolute Gasteiger partial charge is 0.0970 e. The van der Waals surface area contributed by atoms with Crippen LogP contribution < -0.4 is 11.1 Å². The van der Waals surface area contributed by atoms with Gasteiger partial charge < -0.3 is 16.2 Å². The van der Waals surface area contributed by atoms with Gasteiger partial charge in [-0.2, -0.15) is 11.3 Å². The van der Waals surface area contributed by atoms with Crippen molar-refractivity contribution in [2.24, 2.45) is 0 Å². The Morgan fingerprint density at radius 3 is 2.88 bits per heavy atom. The zero-order valence-electron chi connectivity index (χ0n) is 9.06. The van der Waals surface area contributed by atoms with Crippen LogP contribution in [0.4, 0.5) is 11.4 Å². The molecule has 1 aromatic carbocycles. The Labute approximate surface area is 112 Å². The van der Waals surface area contributed by atoms with Crippen molar-refractivity contribution in [3.8, 4) is 0 Å². The number of hydrogen-bond donors (Lipinski definition) is 3. The van der Waals surface area contributed by atoms with E-state index in [1.54, 1.807) is 11.3 Å². The fourth-order valence-corrected chi connectivity index (χ4v) is 2.57. The van der Waals surface area contributed by atoms with E-state index in [1.807, 2.05) is 35.0 Å². The van der Waals surface area contributed by atoms with Crippen LogP contribution in [0.2, 0.25) is 0 Å². The first-order chi connectivity index (χ1) is 8.16. The normalized spacial score (nSPS) is 12.4. The maximum absolute atomic E-state index is 9.91. The number of aliphatic hydroxyl groups is 1. The highest BCUT2D eigenvalue weighted by Gasteiger charge is 2.08. The highest BCUT2D eigenvalue weighted by molar-refractivity contribution is 9.10. The van der Waals surface area contributed by atoms with Crippen LogP contribution in [-0.4, -0.2) is 11.7 Å². The number of halogens is 1. The monoisotopic (exact) mass is 312 g/mol. The van der Waals surface area contributed by atoms with Crippen molar-refractivity contribution in [3.63, 3.8) is 0 Å². The van der Waals surface area contributed by atoms with Gasteiger partial charge in [-0.1, -0.05) is 15.9 Å². The van der Waals surface area contributed by atoms with Crippen molar-refractivity contribution in [3.05, 3.63) is 45.1 Å². The third kappa shape index (κ3) is 3.21. The van der Waals surface area contributed by atoms with Gasteiger partial charge in [0, 0.05) is 11.0 Å². The Morgan fingerprint density at radius 1 is 1.41 bits per heavy atom. The number of hydrogen-bond acceptors (Lipinski definition) is 4. The molecule has 0 saturated heterocycles. The van der Waals surface area contributed by atoms with E-state index in [4.69, 9.17) is 5.73 Å². The summed E-state index contributed by atoms with van der Waals surface area (Å²) in [6.07, 6.45) is -0.510. The van der Waals surface area contributed by atoms with E-state index in [-0.39, 0.29) is 0 Å². The number of nitrogens with two attached hydrogens (primary N) is 1. The molecule has 1 unspecified atom stereocenters. The minimum atomic E-state index is -0.510. The van der Waals surface area contributed by atoms with Crippen molar-refractivity contribution < 1.29 is 5.11 Å². The zero-order valence-corrected chi connectivity index (χ0v) is 11.5. The summed E-state index contributed by atoms with van der Waals surface area (Å²) < 4.78 is 0.943. The van der Waals surface area contributed by atoms with Crippen LogP contribution in [0.15, 0.2) is 39.5 Å². The number of nitrogen functional groups attached to an aromatic ring is 1. The second-order valence-electron chi connectivity index (χ2n) is 3.68. The quantitative estimate of drug-likeness (QED) is 0.760. The number of benzene rings is 1. The molecule has 0 aliphatic heterocycles. The van der Waals surface area contributed by atoms with Gasteiger partial charge >= 0.3 is 0 Å². The van der Waals surface area contributed by atoms with Crippen LogP contribution in [-0.2, 0) is 0 Å². The second kappa shape index (κ2) is 5.53. The molecule has 5 heteroatoms. The van der Waals surface area contributed by atoms with E-state index < -0.39 is 6.10 Å². The third-order valence-corrected chi connectivity index (χ3v) is 3.62. The molecule has 90 valence electrons. The Morgan fingerprint density at radius 2 is 2.24 bits per heavy atom. The molecular formula is C12H13BrN2OS. The number of nitrogens with one attached hydrogen (secondary N) is 1. The molecular weight excluding hydrogens is 300 g/mol. The van der Waals surface area contributed by atoms with Gasteiger partial charge in [0.25, 0.3) is 0 Å². The lowest BCUT2D eigenvalue weighted by atomic mass is 10.2. The Hall–Kier alpha value is -1.04. The summed E-state index contributed by atoms with van der Waals surface area (Å²) in [5, 5.41) is 16.9. The lowest BCUT2D eigenvalue weighted by molar-refractivity contribution is 0.192. The molecule has 0 amide bonds. The first kappa shape index (κ1) is 12.4. The first-order valence-corrected chi connectivity index (χ1v) is 6.89. The molecule has 2 rings (SSSR count). The van der Waals surface area contributed by atoms with Crippen LogP contribution in [0.5, 0.6) is 0 Å². The average Bonchev–Trinajstić information content (AvgIpc) is 2.81. The van der Waals surface area contributed by atoms with E-state index in [2.05, 4.69) is 21.2 Å². The Balaban J connectivity index is 1.98. The first-order valence-electron chi connectivity index (χ1n) is 5.16. The molecule has 0 fully saturated rings. The molecule has 0 aliphatic rings. The largest absolute Gasteiger partial charge is 0.397 e. The number of thiophene rings is 1. The summed E-state index contributed by atoms with van der Waals surface area (Å²) in [5.41, 5.74) is 8.28. The topological polar surface area (TPSA) is 58.3 Å². The van der Waals surface area contributed by atoms with E-state index in [0.717, 1.165) is 15.7 Å². The molecule has 4 N–H and O–H groups in total. The number of aliphatic hydroxyl groups excluding tert-OH is 1. The minimum Gasteiger partial charge on any atom is -0.397 e. The summed E-state index contributed by atoms with van der Waals surface area (Å²) in [6.45, 7) is 0.447. The molecule has 1 heterocycles. The summed E-state index contributed by atoms with van der Waals surface area (Å²) in [6, 6.07) is 7.55. The summed E-state index contributed by atoms with van der Waals surface area (Å²) in [5.74, 6) is 0. The van der Waals surface area contributed by atoms with Crippen molar-refractivity contribution >= 4 is 38.6 Å². The lowest BCUT2D eigenvalue weighted by Gasteiger charge is -2.13. The predicted octanol–water partition coefficient (Wildman–Crippen LogP) is 3.24. The van der Waals surface area contributed by atoms with Crippen LogP contribution in [0.3, 0.4) is 0 Å². The number of anilines is 2. The molecule has 3 nitrogen and oxygen atoms in total. The molecule has 17 heavy (non-hydrogen) atoms. The Bertz CT molecular complexity index is 487. The fourth-order valence-electron chi connectivity index (χ4n) is 1.48. The maximum atomic E-state index is 9.91. The molecule has 1 aromatic heterocycles. The molecule has 0 radical (unpaired) electrons. The fraction of sp³-hybridized carbons (Fsp3) is 0.167. The van der Waals surface area contributed by atoms with E-state index in [0.29, 0.717) is 12.2 Å². The minimum absolute atomic E-state index is 0.447. The molecule has 1 atom stereocenters. The van der Waals surface area contributed by atoms with Crippen molar-refractivity contribution in [1.29, 1.82) is 0 Å². The predicted molar refractivity (Wildman–Crippen MR) is 76.3 cm³/mol. The summed E-state index contributed by atoms with van der Waals surface area (Å²) >= 11 is 4.93. The Kier molecular flexibility index (Phi) is 4.04. The van der Waals surface area contributed by atoms with Crippen molar-refractivity contribution in [1.82, 2.24) is 0 Å². The van der Waals surface area contributed by atoms with E-state index >= 15 is 0 Å².